The molecule has 2 heteroatoms. The maximum atomic E-state index is 5.32. The maximum Gasteiger partial charge on any atom is 0.119 e. The van der Waals surface area contributed by atoms with Gasteiger partial charge in [-0.1, -0.05) is 46.3 Å². The standard InChI is InChI=1S/C18H19BrO/c1-20-16-7-9-18-15(12-16)6-8-17(18)14-4-2-13(3-5-14)10-11-19/h2-5,7,9,12,17H,6,8,10-11H2,1H3. The molecule has 2 aromatic rings. The summed E-state index contributed by atoms with van der Waals surface area (Å²) in [7, 11) is 1.73. The van der Waals surface area contributed by atoms with E-state index in [2.05, 4.69) is 58.4 Å². The minimum absolute atomic E-state index is 0.550. The second-order valence-corrected chi connectivity index (χ2v) is 6.13. The van der Waals surface area contributed by atoms with Crippen LogP contribution in [-0.2, 0) is 12.8 Å². The number of halogens is 1. The van der Waals surface area contributed by atoms with Gasteiger partial charge in [0.05, 0.1) is 7.11 Å². The van der Waals surface area contributed by atoms with Crippen LogP contribution in [0.1, 0.15) is 34.6 Å². The van der Waals surface area contributed by atoms with Crippen molar-refractivity contribution in [2.24, 2.45) is 0 Å². The molecule has 0 fully saturated rings. The van der Waals surface area contributed by atoms with Gasteiger partial charge in [-0.15, -0.1) is 0 Å². The van der Waals surface area contributed by atoms with Crippen molar-refractivity contribution in [2.75, 3.05) is 12.4 Å². The molecule has 0 aromatic heterocycles. The van der Waals surface area contributed by atoms with Crippen LogP contribution in [0.2, 0.25) is 0 Å². The first-order chi connectivity index (χ1) is 9.81. The molecule has 0 bridgehead atoms. The van der Waals surface area contributed by atoms with Crippen LogP contribution < -0.4 is 4.74 Å². The van der Waals surface area contributed by atoms with Crippen LogP contribution in [0.4, 0.5) is 0 Å². The molecule has 0 spiro atoms. The van der Waals surface area contributed by atoms with E-state index < -0.39 is 0 Å². The molecule has 0 N–H and O–H groups in total. The van der Waals surface area contributed by atoms with Crippen LogP contribution in [0.3, 0.4) is 0 Å². The van der Waals surface area contributed by atoms with Crippen molar-refractivity contribution in [3.63, 3.8) is 0 Å². The Morgan fingerprint density at radius 3 is 2.65 bits per heavy atom. The fourth-order valence-corrected chi connectivity index (χ4v) is 3.55. The van der Waals surface area contributed by atoms with Gasteiger partial charge in [0, 0.05) is 11.2 Å². The lowest BCUT2D eigenvalue weighted by Crippen LogP contribution is -1.97. The molecular weight excluding hydrogens is 312 g/mol. The topological polar surface area (TPSA) is 9.23 Å². The van der Waals surface area contributed by atoms with Crippen molar-refractivity contribution in [1.82, 2.24) is 0 Å². The molecule has 0 amide bonds. The average Bonchev–Trinajstić information content (AvgIpc) is 2.91. The Kier molecular flexibility index (Phi) is 4.11. The van der Waals surface area contributed by atoms with E-state index in [4.69, 9.17) is 4.74 Å². The Morgan fingerprint density at radius 2 is 1.95 bits per heavy atom. The molecule has 0 aliphatic heterocycles. The smallest absolute Gasteiger partial charge is 0.119 e. The molecule has 2 aromatic carbocycles. The van der Waals surface area contributed by atoms with Gasteiger partial charge in [-0.3, -0.25) is 0 Å². The van der Waals surface area contributed by atoms with Crippen molar-refractivity contribution >= 4 is 15.9 Å². The summed E-state index contributed by atoms with van der Waals surface area (Å²) in [5.41, 5.74) is 5.75. The quantitative estimate of drug-likeness (QED) is 0.737. The first-order valence-electron chi connectivity index (χ1n) is 7.13. The zero-order valence-corrected chi connectivity index (χ0v) is 13.3. The van der Waals surface area contributed by atoms with E-state index in [0.29, 0.717) is 5.92 Å². The van der Waals surface area contributed by atoms with Crippen LogP contribution >= 0.6 is 15.9 Å². The molecule has 1 atom stereocenters. The normalized spacial score (nSPS) is 17.0. The summed E-state index contributed by atoms with van der Waals surface area (Å²) >= 11 is 3.49. The number of hydrogen-bond donors (Lipinski definition) is 0. The molecule has 1 nitrogen and oxygen atoms in total. The third kappa shape index (κ3) is 2.62. The predicted molar refractivity (Wildman–Crippen MR) is 87.1 cm³/mol. The molecule has 1 aliphatic carbocycles. The van der Waals surface area contributed by atoms with Gasteiger partial charge in [0.1, 0.15) is 5.75 Å². The Bertz CT molecular complexity index is 589. The summed E-state index contributed by atoms with van der Waals surface area (Å²) in [5, 5.41) is 1.03. The number of aryl methyl sites for hydroxylation is 2. The van der Waals surface area contributed by atoms with E-state index in [-0.39, 0.29) is 0 Å². The second-order valence-electron chi connectivity index (χ2n) is 5.34. The molecule has 0 saturated heterocycles. The molecule has 1 aliphatic rings. The highest BCUT2D eigenvalue weighted by molar-refractivity contribution is 9.09. The number of ether oxygens (including phenoxy) is 1. The van der Waals surface area contributed by atoms with Crippen LogP contribution in [0.15, 0.2) is 42.5 Å². The van der Waals surface area contributed by atoms with Crippen molar-refractivity contribution in [3.05, 3.63) is 64.7 Å². The summed E-state index contributed by atoms with van der Waals surface area (Å²) in [5.74, 6) is 1.52. The molecule has 0 heterocycles. The summed E-state index contributed by atoms with van der Waals surface area (Å²) in [6, 6.07) is 15.6. The van der Waals surface area contributed by atoms with Crippen LogP contribution in [-0.4, -0.2) is 12.4 Å². The average molecular weight is 331 g/mol. The number of benzene rings is 2. The van der Waals surface area contributed by atoms with Crippen molar-refractivity contribution in [2.45, 2.75) is 25.2 Å². The highest BCUT2D eigenvalue weighted by Gasteiger charge is 2.24. The van der Waals surface area contributed by atoms with E-state index in [1.54, 1.807) is 7.11 Å². The summed E-state index contributed by atoms with van der Waals surface area (Å²) in [4.78, 5) is 0. The van der Waals surface area contributed by atoms with E-state index in [1.165, 1.54) is 28.7 Å². The summed E-state index contributed by atoms with van der Waals surface area (Å²) in [6.07, 6.45) is 3.46. The van der Waals surface area contributed by atoms with Gasteiger partial charge >= 0.3 is 0 Å². The molecule has 0 saturated carbocycles. The van der Waals surface area contributed by atoms with Gasteiger partial charge in [0.2, 0.25) is 0 Å². The van der Waals surface area contributed by atoms with Gasteiger partial charge in [-0.25, -0.2) is 0 Å². The number of hydrogen-bond acceptors (Lipinski definition) is 1. The SMILES string of the molecule is COc1ccc2c(c1)CCC2c1ccc(CCBr)cc1. The molecular formula is C18H19BrO. The highest BCUT2D eigenvalue weighted by Crippen LogP contribution is 2.39. The Labute approximate surface area is 129 Å². The van der Waals surface area contributed by atoms with Gasteiger partial charge in [0.15, 0.2) is 0 Å². The minimum atomic E-state index is 0.550. The summed E-state index contributed by atoms with van der Waals surface area (Å²) in [6.45, 7) is 0. The number of methoxy groups -OCH3 is 1. The Morgan fingerprint density at radius 1 is 1.15 bits per heavy atom. The van der Waals surface area contributed by atoms with E-state index >= 15 is 0 Å². The van der Waals surface area contributed by atoms with E-state index in [0.717, 1.165) is 23.9 Å². The Hall–Kier alpha value is -1.28. The van der Waals surface area contributed by atoms with Crippen molar-refractivity contribution < 1.29 is 4.74 Å². The number of alkyl halides is 1. The van der Waals surface area contributed by atoms with Gasteiger partial charge < -0.3 is 4.74 Å². The molecule has 1 unspecified atom stereocenters. The Balaban J connectivity index is 1.86. The third-order valence-electron chi connectivity index (χ3n) is 4.19. The largest absolute Gasteiger partial charge is 0.497 e. The third-order valence-corrected chi connectivity index (χ3v) is 4.59. The molecule has 20 heavy (non-hydrogen) atoms. The fraction of sp³-hybridized carbons (Fsp3) is 0.333. The number of fused-ring (bicyclic) bond motifs is 1. The lowest BCUT2D eigenvalue weighted by atomic mass is 9.92. The highest BCUT2D eigenvalue weighted by atomic mass is 79.9. The van der Waals surface area contributed by atoms with E-state index in [9.17, 15) is 0 Å². The van der Waals surface area contributed by atoms with Crippen LogP contribution in [0, 0.1) is 0 Å². The van der Waals surface area contributed by atoms with Gasteiger partial charge in [-0.2, -0.15) is 0 Å². The lowest BCUT2D eigenvalue weighted by Gasteiger charge is -2.13. The molecule has 0 radical (unpaired) electrons. The first-order valence-corrected chi connectivity index (χ1v) is 8.25. The van der Waals surface area contributed by atoms with Crippen LogP contribution in [0.5, 0.6) is 5.75 Å². The van der Waals surface area contributed by atoms with Crippen LogP contribution in [0.25, 0.3) is 0 Å². The monoisotopic (exact) mass is 330 g/mol. The van der Waals surface area contributed by atoms with E-state index in [1.807, 2.05) is 0 Å². The summed E-state index contributed by atoms with van der Waals surface area (Å²) < 4.78 is 5.32. The number of rotatable bonds is 4. The minimum Gasteiger partial charge on any atom is -0.497 e. The second kappa shape index (κ2) is 6.01. The lowest BCUT2D eigenvalue weighted by molar-refractivity contribution is 0.414. The fourth-order valence-electron chi connectivity index (χ4n) is 3.09. The predicted octanol–water partition coefficient (Wildman–Crippen LogP) is 4.71. The van der Waals surface area contributed by atoms with Gasteiger partial charge in [0.25, 0.3) is 0 Å². The first kappa shape index (κ1) is 13.7. The maximum absolute atomic E-state index is 5.32. The van der Waals surface area contributed by atoms with Gasteiger partial charge in [-0.05, 0) is 53.6 Å². The zero-order chi connectivity index (χ0) is 13.9. The van der Waals surface area contributed by atoms with Crippen molar-refractivity contribution in [1.29, 1.82) is 0 Å². The zero-order valence-electron chi connectivity index (χ0n) is 11.7. The van der Waals surface area contributed by atoms with Crippen molar-refractivity contribution in [3.8, 4) is 5.75 Å². The molecule has 3 rings (SSSR count). The molecule has 104 valence electrons.